The number of benzene rings is 1. The first-order valence-corrected chi connectivity index (χ1v) is 8.49. The number of nitrogens with zero attached hydrogens (tertiary/aromatic N) is 1. The van der Waals surface area contributed by atoms with Crippen molar-refractivity contribution in [3.8, 4) is 0 Å². The van der Waals surface area contributed by atoms with Gasteiger partial charge in [-0.2, -0.15) is 5.10 Å². The number of amides is 1. The van der Waals surface area contributed by atoms with E-state index in [0.29, 0.717) is 11.8 Å². The Kier molecular flexibility index (Phi) is 4.10. The van der Waals surface area contributed by atoms with E-state index in [1.165, 1.54) is 30.6 Å². The number of rotatable bonds is 4. The Labute approximate surface area is 124 Å². The van der Waals surface area contributed by atoms with Gasteiger partial charge in [-0.3, -0.25) is 4.79 Å². The first kappa shape index (κ1) is 13.7. The van der Waals surface area contributed by atoms with Crippen molar-refractivity contribution in [1.82, 2.24) is 5.43 Å². The molecule has 1 N–H and O–H groups in total. The third-order valence-corrected chi connectivity index (χ3v) is 5.21. The highest BCUT2D eigenvalue weighted by Crippen LogP contribution is 2.55. The number of carbonyl (C=O) groups excluding carboxylic acids is 1. The summed E-state index contributed by atoms with van der Waals surface area (Å²) in [6.07, 6.45) is 8.80. The summed E-state index contributed by atoms with van der Waals surface area (Å²) in [5.74, 6) is 1.62. The van der Waals surface area contributed by atoms with Crippen LogP contribution in [0.25, 0.3) is 0 Å². The van der Waals surface area contributed by atoms with E-state index in [-0.39, 0.29) is 11.8 Å². The van der Waals surface area contributed by atoms with E-state index < -0.39 is 0 Å². The van der Waals surface area contributed by atoms with Crippen molar-refractivity contribution < 1.29 is 4.79 Å². The second kappa shape index (κ2) is 6.00. The molecule has 1 aromatic carbocycles. The van der Waals surface area contributed by atoms with Crippen LogP contribution in [-0.4, -0.2) is 18.4 Å². The van der Waals surface area contributed by atoms with Crippen LogP contribution in [0, 0.1) is 17.8 Å². The molecule has 0 saturated heterocycles. The Morgan fingerprint density at radius 3 is 2.50 bits per heavy atom. The van der Waals surface area contributed by atoms with Gasteiger partial charge < -0.3 is 0 Å². The molecular formula is C16H20N2OS. The summed E-state index contributed by atoms with van der Waals surface area (Å²) >= 11 is 1.72. The maximum atomic E-state index is 12.0. The lowest BCUT2D eigenvalue weighted by Gasteiger charge is -2.04. The molecule has 4 heteroatoms. The molecule has 0 bridgehead atoms. The van der Waals surface area contributed by atoms with Gasteiger partial charge in [-0.15, -0.1) is 11.8 Å². The number of fused-ring (bicyclic) bond motifs is 1. The highest BCUT2D eigenvalue weighted by Gasteiger charge is 2.54. The maximum absolute atomic E-state index is 12.0. The summed E-state index contributed by atoms with van der Waals surface area (Å²) in [7, 11) is 0. The van der Waals surface area contributed by atoms with Crippen LogP contribution in [0.4, 0.5) is 0 Å². The molecule has 20 heavy (non-hydrogen) atoms. The fourth-order valence-corrected chi connectivity index (χ4v) is 3.72. The van der Waals surface area contributed by atoms with E-state index in [1.54, 1.807) is 18.0 Å². The summed E-state index contributed by atoms with van der Waals surface area (Å²) in [4.78, 5) is 13.3. The topological polar surface area (TPSA) is 41.5 Å². The Balaban J connectivity index is 1.51. The average molecular weight is 288 g/mol. The highest BCUT2D eigenvalue weighted by atomic mass is 32.2. The van der Waals surface area contributed by atoms with E-state index in [0.717, 1.165) is 5.56 Å². The molecule has 2 fully saturated rings. The first-order chi connectivity index (χ1) is 9.79. The normalized spacial score (nSPS) is 28.1. The zero-order chi connectivity index (χ0) is 13.9. The largest absolute Gasteiger partial charge is 0.273 e. The molecule has 0 heterocycles. The molecule has 3 rings (SSSR count). The standard InChI is InChI=1S/C16H20N2OS/c1-20-12-8-6-11(7-9-12)10-17-18-16(19)15-13-4-2-3-5-14(13)15/h6-10,13-15H,2-5H2,1H3,(H,18,19)/b17-10-/t13-,14-/m0/s1. The van der Waals surface area contributed by atoms with Crippen molar-refractivity contribution in [1.29, 1.82) is 0 Å². The van der Waals surface area contributed by atoms with Gasteiger partial charge in [0.05, 0.1) is 6.21 Å². The molecule has 106 valence electrons. The third-order valence-electron chi connectivity index (χ3n) is 4.46. The number of carbonyl (C=O) groups is 1. The molecule has 0 unspecified atom stereocenters. The molecule has 0 aliphatic heterocycles. The van der Waals surface area contributed by atoms with Gasteiger partial charge in [0.1, 0.15) is 0 Å². The van der Waals surface area contributed by atoms with Crippen LogP contribution in [0.15, 0.2) is 34.3 Å². The molecular weight excluding hydrogens is 268 g/mol. The summed E-state index contributed by atoms with van der Waals surface area (Å²) in [5.41, 5.74) is 3.71. The minimum atomic E-state index is 0.110. The molecule has 2 atom stereocenters. The quantitative estimate of drug-likeness (QED) is 0.525. The number of thioether (sulfide) groups is 1. The van der Waals surface area contributed by atoms with Crippen molar-refractivity contribution >= 4 is 23.9 Å². The Morgan fingerprint density at radius 2 is 1.90 bits per heavy atom. The minimum Gasteiger partial charge on any atom is -0.273 e. The fourth-order valence-electron chi connectivity index (χ4n) is 3.32. The second-order valence-corrected chi connectivity index (χ2v) is 6.53. The van der Waals surface area contributed by atoms with Crippen molar-refractivity contribution in [3.63, 3.8) is 0 Å². The van der Waals surface area contributed by atoms with Gasteiger partial charge in [-0.25, -0.2) is 5.43 Å². The van der Waals surface area contributed by atoms with Crippen molar-refractivity contribution in [2.75, 3.05) is 6.26 Å². The van der Waals surface area contributed by atoms with Crippen LogP contribution in [0.1, 0.15) is 31.2 Å². The Bertz CT molecular complexity index is 500. The summed E-state index contributed by atoms with van der Waals surface area (Å²) in [6, 6.07) is 8.14. The minimum absolute atomic E-state index is 0.110. The van der Waals surface area contributed by atoms with Gasteiger partial charge in [-0.05, 0) is 48.6 Å². The highest BCUT2D eigenvalue weighted by molar-refractivity contribution is 7.98. The van der Waals surface area contributed by atoms with Crippen LogP contribution in [0.5, 0.6) is 0 Å². The Morgan fingerprint density at radius 1 is 1.25 bits per heavy atom. The van der Waals surface area contributed by atoms with Gasteiger partial charge in [0.2, 0.25) is 5.91 Å². The molecule has 1 aromatic rings. The lowest BCUT2D eigenvalue weighted by molar-refractivity contribution is -0.122. The van der Waals surface area contributed by atoms with Crippen LogP contribution < -0.4 is 5.43 Å². The zero-order valence-corrected chi connectivity index (χ0v) is 12.5. The van der Waals surface area contributed by atoms with E-state index in [9.17, 15) is 4.79 Å². The SMILES string of the molecule is CSc1ccc(/C=N\NC(=O)C2[C@H]3CCCC[C@H]23)cc1. The van der Waals surface area contributed by atoms with Crippen LogP contribution in [-0.2, 0) is 4.79 Å². The molecule has 1 amide bonds. The first-order valence-electron chi connectivity index (χ1n) is 7.26. The number of hydrazone groups is 1. The second-order valence-electron chi connectivity index (χ2n) is 5.65. The fraction of sp³-hybridized carbons (Fsp3) is 0.500. The van der Waals surface area contributed by atoms with E-state index in [1.807, 2.05) is 12.1 Å². The van der Waals surface area contributed by atoms with Gasteiger partial charge >= 0.3 is 0 Å². The number of hydrogen-bond donors (Lipinski definition) is 1. The van der Waals surface area contributed by atoms with E-state index >= 15 is 0 Å². The maximum Gasteiger partial charge on any atom is 0.243 e. The summed E-state index contributed by atoms with van der Waals surface area (Å²) < 4.78 is 0. The van der Waals surface area contributed by atoms with Crippen LogP contribution in [0.2, 0.25) is 0 Å². The monoisotopic (exact) mass is 288 g/mol. The van der Waals surface area contributed by atoms with Crippen LogP contribution >= 0.6 is 11.8 Å². The molecule has 2 aliphatic rings. The molecule has 3 nitrogen and oxygen atoms in total. The van der Waals surface area contributed by atoms with Crippen LogP contribution in [0.3, 0.4) is 0 Å². The lowest BCUT2D eigenvalue weighted by atomic mass is 10.0. The number of nitrogens with one attached hydrogen (secondary N) is 1. The smallest absolute Gasteiger partial charge is 0.243 e. The Hall–Kier alpha value is -1.29. The predicted octanol–water partition coefficient (Wildman–Crippen LogP) is 3.29. The molecule has 0 aromatic heterocycles. The molecule has 0 radical (unpaired) electrons. The average Bonchev–Trinajstić information content (AvgIpc) is 3.22. The third kappa shape index (κ3) is 2.90. The lowest BCUT2D eigenvalue weighted by Crippen LogP contribution is -2.20. The van der Waals surface area contributed by atoms with Crippen molar-refractivity contribution in [2.24, 2.45) is 22.9 Å². The van der Waals surface area contributed by atoms with Gasteiger partial charge in [-0.1, -0.05) is 25.0 Å². The summed E-state index contributed by atoms with van der Waals surface area (Å²) in [5, 5.41) is 4.08. The van der Waals surface area contributed by atoms with Crippen molar-refractivity contribution in [3.05, 3.63) is 29.8 Å². The zero-order valence-electron chi connectivity index (χ0n) is 11.7. The molecule has 2 saturated carbocycles. The molecule has 0 spiro atoms. The van der Waals surface area contributed by atoms with Crippen molar-refractivity contribution in [2.45, 2.75) is 30.6 Å². The summed E-state index contributed by atoms with van der Waals surface area (Å²) in [6.45, 7) is 0. The number of hydrogen-bond acceptors (Lipinski definition) is 3. The molecule has 2 aliphatic carbocycles. The van der Waals surface area contributed by atoms with E-state index in [2.05, 4.69) is 28.9 Å². The van der Waals surface area contributed by atoms with Gasteiger partial charge in [0.25, 0.3) is 0 Å². The predicted molar refractivity (Wildman–Crippen MR) is 82.9 cm³/mol. The van der Waals surface area contributed by atoms with Gasteiger partial charge in [0, 0.05) is 10.8 Å². The van der Waals surface area contributed by atoms with E-state index in [4.69, 9.17) is 0 Å². The van der Waals surface area contributed by atoms with Gasteiger partial charge in [0.15, 0.2) is 0 Å².